The molecule has 0 aliphatic rings. The average molecular weight is 372 g/mol. The summed E-state index contributed by atoms with van der Waals surface area (Å²) in [6.07, 6.45) is 1.22. The SMILES string of the molecule is CCC[C@@H](NC(=O)Cc1ccccc1)C(=O)Nc1ccc(F)c(C(=O)O)c1. The minimum Gasteiger partial charge on any atom is -0.478 e. The van der Waals surface area contributed by atoms with Gasteiger partial charge in [0.05, 0.1) is 12.0 Å². The summed E-state index contributed by atoms with van der Waals surface area (Å²) in [6.45, 7) is 1.88. The van der Waals surface area contributed by atoms with Gasteiger partial charge in [-0.2, -0.15) is 0 Å². The van der Waals surface area contributed by atoms with Crippen LogP contribution in [0.4, 0.5) is 10.1 Å². The Morgan fingerprint density at radius 2 is 1.81 bits per heavy atom. The van der Waals surface area contributed by atoms with Crippen LogP contribution >= 0.6 is 0 Å². The number of aromatic carboxylic acids is 1. The fourth-order valence-corrected chi connectivity index (χ4v) is 2.58. The summed E-state index contributed by atoms with van der Waals surface area (Å²) in [7, 11) is 0. The monoisotopic (exact) mass is 372 g/mol. The summed E-state index contributed by atoms with van der Waals surface area (Å²) < 4.78 is 13.5. The number of hydrogen-bond donors (Lipinski definition) is 3. The van der Waals surface area contributed by atoms with Gasteiger partial charge in [0, 0.05) is 5.69 Å². The zero-order valence-corrected chi connectivity index (χ0v) is 14.9. The van der Waals surface area contributed by atoms with E-state index >= 15 is 0 Å². The van der Waals surface area contributed by atoms with Gasteiger partial charge in [0.1, 0.15) is 11.9 Å². The number of halogens is 1. The van der Waals surface area contributed by atoms with E-state index in [1.54, 1.807) is 0 Å². The highest BCUT2D eigenvalue weighted by atomic mass is 19.1. The molecule has 2 rings (SSSR count). The number of carbonyl (C=O) groups excluding carboxylic acids is 2. The topological polar surface area (TPSA) is 95.5 Å². The lowest BCUT2D eigenvalue weighted by Gasteiger charge is -2.18. The van der Waals surface area contributed by atoms with Gasteiger partial charge in [0.15, 0.2) is 0 Å². The molecule has 0 fully saturated rings. The molecule has 0 saturated carbocycles. The van der Waals surface area contributed by atoms with Crippen LogP contribution in [0.3, 0.4) is 0 Å². The molecule has 0 aliphatic carbocycles. The second-order valence-corrected chi connectivity index (χ2v) is 6.06. The lowest BCUT2D eigenvalue weighted by atomic mass is 10.1. The lowest BCUT2D eigenvalue weighted by molar-refractivity contribution is -0.126. The van der Waals surface area contributed by atoms with Gasteiger partial charge in [-0.05, 0) is 30.2 Å². The first-order valence-corrected chi connectivity index (χ1v) is 8.57. The second kappa shape index (κ2) is 9.47. The van der Waals surface area contributed by atoms with Gasteiger partial charge >= 0.3 is 5.97 Å². The van der Waals surface area contributed by atoms with Gasteiger partial charge in [0.2, 0.25) is 11.8 Å². The molecule has 0 bridgehead atoms. The number of rotatable bonds is 8. The van der Waals surface area contributed by atoms with E-state index in [4.69, 9.17) is 5.11 Å². The van der Waals surface area contributed by atoms with Crippen LogP contribution in [0.5, 0.6) is 0 Å². The number of carbonyl (C=O) groups is 3. The van der Waals surface area contributed by atoms with Gasteiger partial charge in [-0.25, -0.2) is 9.18 Å². The largest absolute Gasteiger partial charge is 0.478 e. The van der Waals surface area contributed by atoms with Gasteiger partial charge in [-0.3, -0.25) is 9.59 Å². The predicted octanol–water partition coefficient (Wildman–Crippen LogP) is 2.99. The molecule has 0 aliphatic heterocycles. The number of benzene rings is 2. The van der Waals surface area contributed by atoms with Gasteiger partial charge in [-0.15, -0.1) is 0 Å². The van der Waals surface area contributed by atoms with Crippen molar-refractivity contribution in [2.24, 2.45) is 0 Å². The van der Waals surface area contributed by atoms with Crippen molar-refractivity contribution >= 4 is 23.5 Å². The molecular formula is C20H21FN2O4. The standard InChI is InChI=1S/C20H21FN2O4/c1-2-6-17(23-18(24)11-13-7-4-3-5-8-13)19(25)22-14-9-10-16(21)15(12-14)20(26)27/h3-5,7-10,12,17H,2,6,11H2,1H3,(H,22,25)(H,23,24)(H,26,27)/t17-/m1/s1. The fourth-order valence-electron chi connectivity index (χ4n) is 2.58. The Bertz CT molecular complexity index is 824. The smallest absolute Gasteiger partial charge is 0.338 e. The number of nitrogens with one attached hydrogen (secondary N) is 2. The molecule has 0 radical (unpaired) electrons. The maximum Gasteiger partial charge on any atom is 0.338 e. The van der Waals surface area contributed by atoms with E-state index in [1.807, 2.05) is 37.3 Å². The van der Waals surface area contributed by atoms with E-state index in [1.165, 1.54) is 6.07 Å². The number of carboxylic acids is 1. The first-order chi connectivity index (χ1) is 12.9. The molecule has 2 amide bonds. The molecule has 1 atom stereocenters. The molecule has 0 spiro atoms. The van der Waals surface area contributed by atoms with Crippen LogP contribution in [-0.4, -0.2) is 28.9 Å². The maximum absolute atomic E-state index is 13.5. The average Bonchev–Trinajstić information content (AvgIpc) is 2.63. The summed E-state index contributed by atoms with van der Waals surface area (Å²) in [6, 6.07) is 11.7. The van der Waals surface area contributed by atoms with Crippen molar-refractivity contribution in [1.29, 1.82) is 0 Å². The highest BCUT2D eigenvalue weighted by molar-refractivity contribution is 5.98. The molecule has 6 nitrogen and oxygen atoms in total. The Balaban J connectivity index is 2.05. The third-order valence-corrected chi connectivity index (χ3v) is 3.90. The second-order valence-electron chi connectivity index (χ2n) is 6.06. The quantitative estimate of drug-likeness (QED) is 0.664. The first kappa shape index (κ1) is 20.1. The van der Waals surface area contributed by atoms with Crippen molar-refractivity contribution in [2.75, 3.05) is 5.32 Å². The molecule has 142 valence electrons. The number of carboxylic acid groups (broad SMARTS) is 1. The van der Waals surface area contributed by atoms with Crippen molar-refractivity contribution in [1.82, 2.24) is 5.32 Å². The number of hydrogen-bond acceptors (Lipinski definition) is 3. The summed E-state index contributed by atoms with van der Waals surface area (Å²) in [4.78, 5) is 35.7. The molecular weight excluding hydrogens is 351 g/mol. The molecule has 0 saturated heterocycles. The van der Waals surface area contributed by atoms with Crippen LogP contribution in [0.15, 0.2) is 48.5 Å². The zero-order valence-electron chi connectivity index (χ0n) is 14.9. The Morgan fingerprint density at radius 1 is 1.11 bits per heavy atom. The van der Waals surface area contributed by atoms with Gasteiger partial charge < -0.3 is 15.7 Å². The maximum atomic E-state index is 13.5. The van der Waals surface area contributed by atoms with Crippen molar-refractivity contribution in [2.45, 2.75) is 32.2 Å². The first-order valence-electron chi connectivity index (χ1n) is 8.57. The van der Waals surface area contributed by atoms with E-state index in [9.17, 15) is 18.8 Å². The third kappa shape index (κ3) is 5.91. The Kier molecular flexibility index (Phi) is 7.05. The number of amides is 2. The van der Waals surface area contributed by atoms with Crippen molar-refractivity contribution in [3.8, 4) is 0 Å². The van der Waals surface area contributed by atoms with Crippen LogP contribution in [0, 0.1) is 5.82 Å². The summed E-state index contributed by atoms with van der Waals surface area (Å²) >= 11 is 0. The van der Waals surface area contributed by atoms with Gasteiger partial charge in [-0.1, -0.05) is 43.7 Å². The Labute approximate surface area is 156 Å². The molecule has 3 N–H and O–H groups in total. The summed E-state index contributed by atoms with van der Waals surface area (Å²) in [5, 5.41) is 14.2. The molecule has 0 aromatic heterocycles. The van der Waals surface area contributed by atoms with E-state index in [-0.39, 0.29) is 18.0 Å². The number of anilines is 1. The van der Waals surface area contributed by atoms with Crippen molar-refractivity contribution in [3.05, 3.63) is 65.5 Å². The summed E-state index contributed by atoms with van der Waals surface area (Å²) in [5.74, 6) is -3.09. The van der Waals surface area contributed by atoms with Crippen molar-refractivity contribution in [3.63, 3.8) is 0 Å². The van der Waals surface area contributed by atoms with E-state index in [2.05, 4.69) is 10.6 Å². The predicted molar refractivity (Wildman–Crippen MR) is 99.0 cm³/mol. The molecule has 27 heavy (non-hydrogen) atoms. The highest BCUT2D eigenvalue weighted by Gasteiger charge is 2.21. The van der Waals surface area contributed by atoms with Crippen LogP contribution in [0.1, 0.15) is 35.7 Å². The Morgan fingerprint density at radius 3 is 2.44 bits per heavy atom. The van der Waals surface area contributed by atoms with E-state index < -0.39 is 29.3 Å². The molecule has 2 aromatic rings. The Hall–Kier alpha value is -3.22. The minimum atomic E-state index is -1.43. The molecule has 7 heteroatoms. The zero-order chi connectivity index (χ0) is 19.8. The van der Waals surface area contributed by atoms with Crippen LogP contribution in [0.2, 0.25) is 0 Å². The molecule has 2 aromatic carbocycles. The summed E-state index contributed by atoms with van der Waals surface area (Å²) in [5.41, 5.74) is 0.445. The molecule has 0 heterocycles. The lowest BCUT2D eigenvalue weighted by Crippen LogP contribution is -2.44. The normalized spacial score (nSPS) is 11.5. The van der Waals surface area contributed by atoms with Gasteiger partial charge in [0.25, 0.3) is 0 Å². The highest BCUT2D eigenvalue weighted by Crippen LogP contribution is 2.15. The van der Waals surface area contributed by atoms with Crippen LogP contribution < -0.4 is 10.6 Å². The van der Waals surface area contributed by atoms with Crippen LogP contribution in [0.25, 0.3) is 0 Å². The molecule has 0 unspecified atom stereocenters. The fraction of sp³-hybridized carbons (Fsp3) is 0.250. The van der Waals surface area contributed by atoms with Crippen molar-refractivity contribution < 1.29 is 23.9 Å². The van der Waals surface area contributed by atoms with E-state index in [0.29, 0.717) is 12.8 Å². The third-order valence-electron chi connectivity index (χ3n) is 3.90. The minimum absolute atomic E-state index is 0.147. The van der Waals surface area contributed by atoms with Crippen LogP contribution in [-0.2, 0) is 16.0 Å². The van der Waals surface area contributed by atoms with E-state index in [0.717, 1.165) is 17.7 Å².